The predicted molar refractivity (Wildman–Crippen MR) is 64.0 cm³/mol. The Kier molecular flexibility index (Phi) is 2.26. The molecule has 0 aliphatic carbocycles. The summed E-state index contributed by atoms with van der Waals surface area (Å²) in [5.74, 6) is 0. The number of rotatable bonds is 2. The molecule has 0 aliphatic rings. The van der Waals surface area contributed by atoms with Crippen molar-refractivity contribution >= 4 is 11.0 Å². The molecule has 0 atom stereocenters. The van der Waals surface area contributed by atoms with Crippen LogP contribution >= 0.6 is 0 Å². The Morgan fingerprint density at radius 3 is 2.47 bits per heavy atom. The van der Waals surface area contributed by atoms with Crippen LogP contribution in [-0.4, -0.2) is 20.4 Å². The average molecular weight is 225 g/mol. The van der Waals surface area contributed by atoms with E-state index in [1.54, 1.807) is 0 Å². The lowest BCUT2D eigenvalue weighted by atomic mass is 10.0. The Morgan fingerprint density at radius 2 is 1.65 bits per heavy atom. The fourth-order valence-electron chi connectivity index (χ4n) is 1.89. The van der Waals surface area contributed by atoms with E-state index in [0.717, 1.165) is 12.0 Å². The van der Waals surface area contributed by atoms with Gasteiger partial charge in [-0.05, 0) is 34.6 Å². The van der Waals surface area contributed by atoms with Crippen LogP contribution in [0.5, 0.6) is 0 Å². The summed E-state index contributed by atoms with van der Waals surface area (Å²) in [6.45, 7) is 0. The molecule has 0 aliphatic heterocycles. The lowest BCUT2D eigenvalue weighted by Crippen LogP contribution is -1.92. The first-order valence-electron chi connectivity index (χ1n) is 5.40. The van der Waals surface area contributed by atoms with Gasteiger partial charge in [0.15, 0.2) is 0 Å². The Labute approximate surface area is 98.1 Å². The van der Waals surface area contributed by atoms with Gasteiger partial charge in [-0.3, -0.25) is 0 Å². The lowest BCUT2D eigenvalue weighted by molar-refractivity contribution is 0.113. The minimum absolute atomic E-state index is 0.608. The molecule has 0 fully saturated rings. The van der Waals surface area contributed by atoms with E-state index in [9.17, 15) is 0 Å². The Balaban J connectivity index is 1.95. The summed E-state index contributed by atoms with van der Waals surface area (Å²) < 4.78 is 0. The standard InChI is InChI=1S/C13H11N3O/c17-16-14-12-7-6-11(9-13(12)15-16)8-10-4-2-1-3-5-10/h1-7,9,17H,8H2. The van der Waals surface area contributed by atoms with E-state index >= 15 is 0 Å². The minimum Gasteiger partial charge on any atom is -0.396 e. The zero-order valence-corrected chi connectivity index (χ0v) is 9.11. The number of fused-ring (bicyclic) bond motifs is 1. The maximum Gasteiger partial charge on any atom is 0.117 e. The predicted octanol–water partition coefficient (Wildman–Crippen LogP) is 2.26. The minimum atomic E-state index is 0.608. The monoisotopic (exact) mass is 225 g/mol. The largest absolute Gasteiger partial charge is 0.396 e. The average Bonchev–Trinajstić information content (AvgIpc) is 2.70. The summed E-state index contributed by atoms with van der Waals surface area (Å²) in [7, 11) is 0. The number of nitrogens with zero attached hydrogens (tertiary/aromatic N) is 3. The fourth-order valence-corrected chi connectivity index (χ4v) is 1.89. The molecule has 0 bridgehead atoms. The van der Waals surface area contributed by atoms with Crippen molar-refractivity contribution < 1.29 is 5.21 Å². The maximum absolute atomic E-state index is 9.13. The molecule has 2 aromatic carbocycles. The molecule has 0 radical (unpaired) electrons. The second-order valence-electron chi connectivity index (χ2n) is 3.95. The van der Waals surface area contributed by atoms with Crippen molar-refractivity contribution in [3.63, 3.8) is 0 Å². The molecule has 3 aromatic rings. The molecule has 0 saturated carbocycles. The van der Waals surface area contributed by atoms with E-state index in [1.807, 2.05) is 36.4 Å². The molecule has 0 unspecified atom stereocenters. The highest BCUT2D eigenvalue weighted by atomic mass is 16.5. The van der Waals surface area contributed by atoms with Crippen LogP contribution < -0.4 is 0 Å². The van der Waals surface area contributed by atoms with Gasteiger partial charge in [-0.15, -0.1) is 10.2 Å². The van der Waals surface area contributed by atoms with Crippen LogP contribution in [0.15, 0.2) is 48.5 Å². The van der Waals surface area contributed by atoms with Crippen LogP contribution in [-0.2, 0) is 6.42 Å². The van der Waals surface area contributed by atoms with Crippen molar-refractivity contribution in [2.45, 2.75) is 6.42 Å². The Hall–Kier alpha value is -2.36. The summed E-state index contributed by atoms with van der Waals surface area (Å²) >= 11 is 0. The topological polar surface area (TPSA) is 50.9 Å². The molecule has 1 heterocycles. The van der Waals surface area contributed by atoms with Gasteiger partial charge in [-0.1, -0.05) is 36.4 Å². The van der Waals surface area contributed by atoms with E-state index in [4.69, 9.17) is 5.21 Å². The molecular formula is C13H11N3O. The molecule has 17 heavy (non-hydrogen) atoms. The zero-order chi connectivity index (χ0) is 11.7. The van der Waals surface area contributed by atoms with Gasteiger partial charge >= 0.3 is 0 Å². The molecule has 4 nitrogen and oxygen atoms in total. The SMILES string of the molecule is On1nc2ccc(Cc3ccccc3)cc2n1. The Morgan fingerprint density at radius 1 is 0.882 bits per heavy atom. The highest BCUT2D eigenvalue weighted by Crippen LogP contribution is 2.14. The highest BCUT2D eigenvalue weighted by Gasteiger charge is 2.03. The molecule has 0 saturated heterocycles. The summed E-state index contributed by atoms with van der Waals surface area (Å²) in [5.41, 5.74) is 3.82. The first-order chi connectivity index (χ1) is 8.31. The van der Waals surface area contributed by atoms with Crippen molar-refractivity contribution in [3.05, 3.63) is 59.7 Å². The van der Waals surface area contributed by atoms with Crippen LogP contribution in [0.2, 0.25) is 0 Å². The second-order valence-corrected chi connectivity index (χ2v) is 3.95. The van der Waals surface area contributed by atoms with Crippen molar-refractivity contribution in [1.82, 2.24) is 15.2 Å². The number of aromatic nitrogens is 3. The molecular weight excluding hydrogens is 214 g/mol. The molecule has 84 valence electrons. The molecule has 1 N–H and O–H groups in total. The normalized spacial score (nSPS) is 10.8. The van der Waals surface area contributed by atoms with E-state index in [0.29, 0.717) is 16.0 Å². The van der Waals surface area contributed by atoms with Crippen molar-refractivity contribution in [1.29, 1.82) is 0 Å². The fraction of sp³-hybridized carbons (Fsp3) is 0.0769. The lowest BCUT2D eigenvalue weighted by Gasteiger charge is -2.00. The van der Waals surface area contributed by atoms with E-state index in [1.165, 1.54) is 5.56 Å². The molecule has 3 rings (SSSR count). The molecule has 4 heteroatoms. The van der Waals surface area contributed by atoms with Crippen molar-refractivity contribution in [2.24, 2.45) is 0 Å². The quantitative estimate of drug-likeness (QED) is 0.680. The third-order valence-electron chi connectivity index (χ3n) is 2.69. The third kappa shape index (κ3) is 1.97. The highest BCUT2D eigenvalue weighted by molar-refractivity contribution is 5.74. The number of hydrogen-bond donors (Lipinski definition) is 1. The van der Waals surface area contributed by atoms with Gasteiger partial charge in [0, 0.05) is 0 Å². The van der Waals surface area contributed by atoms with Gasteiger partial charge in [0.25, 0.3) is 0 Å². The molecule has 1 aromatic heterocycles. The second kappa shape index (κ2) is 3.90. The van der Waals surface area contributed by atoms with Crippen molar-refractivity contribution in [3.8, 4) is 0 Å². The van der Waals surface area contributed by atoms with Gasteiger partial charge in [0.2, 0.25) is 0 Å². The molecule has 0 spiro atoms. The summed E-state index contributed by atoms with van der Waals surface area (Å²) in [6.07, 6.45) is 0.856. The van der Waals surface area contributed by atoms with Gasteiger partial charge in [0.1, 0.15) is 11.0 Å². The number of hydrogen-bond acceptors (Lipinski definition) is 3. The number of benzene rings is 2. The zero-order valence-electron chi connectivity index (χ0n) is 9.11. The van der Waals surface area contributed by atoms with Crippen LogP contribution in [0.25, 0.3) is 11.0 Å². The van der Waals surface area contributed by atoms with Crippen LogP contribution in [0.4, 0.5) is 0 Å². The summed E-state index contributed by atoms with van der Waals surface area (Å²) in [5, 5.41) is 16.8. The molecule has 0 amide bonds. The van der Waals surface area contributed by atoms with Crippen LogP contribution in [0.1, 0.15) is 11.1 Å². The van der Waals surface area contributed by atoms with Crippen LogP contribution in [0, 0.1) is 0 Å². The van der Waals surface area contributed by atoms with E-state index in [-0.39, 0.29) is 0 Å². The third-order valence-corrected chi connectivity index (χ3v) is 2.69. The first kappa shape index (κ1) is 9.84. The van der Waals surface area contributed by atoms with Gasteiger partial charge < -0.3 is 5.21 Å². The van der Waals surface area contributed by atoms with E-state index in [2.05, 4.69) is 22.3 Å². The van der Waals surface area contributed by atoms with Gasteiger partial charge in [-0.2, -0.15) is 0 Å². The first-order valence-corrected chi connectivity index (χ1v) is 5.40. The van der Waals surface area contributed by atoms with Gasteiger partial charge in [-0.25, -0.2) is 0 Å². The maximum atomic E-state index is 9.13. The van der Waals surface area contributed by atoms with E-state index < -0.39 is 0 Å². The Bertz CT molecular complexity index is 646. The van der Waals surface area contributed by atoms with Gasteiger partial charge in [0.05, 0.1) is 0 Å². The summed E-state index contributed by atoms with van der Waals surface area (Å²) in [6, 6.07) is 16.1. The summed E-state index contributed by atoms with van der Waals surface area (Å²) in [4.78, 5) is 0.608. The van der Waals surface area contributed by atoms with Crippen LogP contribution in [0.3, 0.4) is 0 Å². The smallest absolute Gasteiger partial charge is 0.117 e. The van der Waals surface area contributed by atoms with Crippen molar-refractivity contribution in [2.75, 3.05) is 0 Å².